The molecular weight excluding hydrogens is 362 g/mol. The fourth-order valence-corrected chi connectivity index (χ4v) is 2.58. The number of nitro groups is 1. The molecule has 1 saturated heterocycles. The molecule has 0 saturated carbocycles. The number of hydrogen-bond donors (Lipinski definition) is 2. The topological polar surface area (TPSA) is 138 Å². The Morgan fingerprint density at radius 2 is 2.08 bits per heavy atom. The van der Waals surface area contributed by atoms with Gasteiger partial charge in [-0.05, 0) is 6.07 Å². The van der Waals surface area contributed by atoms with Gasteiger partial charge in [0.05, 0.1) is 23.4 Å². The number of benzene rings is 1. The molecule has 138 valence electrons. The second-order valence-corrected chi connectivity index (χ2v) is 5.36. The van der Waals surface area contributed by atoms with E-state index in [1.54, 1.807) is 0 Å². The largest absolute Gasteiger partial charge is 0.478 e. The Hall–Kier alpha value is -1.98. The van der Waals surface area contributed by atoms with E-state index in [2.05, 4.69) is 4.29 Å². The minimum atomic E-state index is -1.51. The van der Waals surface area contributed by atoms with Crippen molar-refractivity contribution in [3.05, 3.63) is 34.4 Å². The zero-order chi connectivity index (χ0) is 18.6. The number of halogens is 1. The van der Waals surface area contributed by atoms with Crippen molar-refractivity contribution in [1.82, 2.24) is 0 Å². The van der Waals surface area contributed by atoms with Crippen LogP contribution in [0.2, 0.25) is 0 Å². The van der Waals surface area contributed by atoms with Crippen LogP contribution in [0.4, 0.5) is 5.69 Å². The molecule has 2 N–H and O–H groups in total. The SMILES string of the molecule is CC(=O)O[C@@H]1O[C@H](CO)[C@@H](Oc2ccccc2[N+](=O)[O-])[C@H](O)[C@H]1OCl. The van der Waals surface area contributed by atoms with Crippen LogP contribution in [0.1, 0.15) is 6.92 Å². The van der Waals surface area contributed by atoms with Crippen LogP contribution in [-0.2, 0) is 18.6 Å². The van der Waals surface area contributed by atoms with Crippen molar-refractivity contribution in [3.63, 3.8) is 0 Å². The van der Waals surface area contributed by atoms with Crippen molar-refractivity contribution < 1.29 is 38.4 Å². The van der Waals surface area contributed by atoms with Crippen molar-refractivity contribution in [2.45, 2.75) is 37.6 Å². The lowest BCUT2D eigenvalue weighted by molar-refractivity contribution is -0.386. The Morgan fingerprint density at radius 1 is 1.40 bits per heavy atom. The van der Waals surface area contributed by atoms with Crippen LogP contribution in [0.3, 0.4) is 0 Å². The lowest BCUT2D eigenvalue weighted by Crippen LogP contribution is -2.61. The maximum atomic E-state index is 11.1. The normalized spacial score (nSPS) is 29.0. The van der Waals surface area contributed by atoms with E-state index in [9.17, 15) is 25.1 Å². The standard InChI is InChI=1S/C14H16ClNO9/c1-7(18)22-14-13(25-15)11(19)12(10(6-17)24-14)23-9-5-3-2-4-8(9)16(20)21/h2-5,10-14,17,19H,6H2,1H3/t10-,11+,12-,13-,14-/m1/s1. The molecule has 1 aliphatic heterocycles. The highest BCUT2D eigenvalue weighted by Crippen LogP contribution is 2.32. The van der Waals surface area contributed by atoms with Gasteiger partial charge in [0.2, 0.25) is 6.29 Å². The van der Waals surface area contributed by atoms with Crippen LogP contribution in [0, 0.1) is 10.1 Å². The Kier molecular flexibility index (Phi) is 6.51. The molecule has 1 heterocycles. The predicted octanol–water partition coefficient (Wildman–Crippen LogP) is 0.522. The van der Waals surface area contributed by atoms with Crippen LogP contribution in [0.5, 0.6) is 5.75 Å². The molecule has 0 amide bonds. The lowest BCUT2D eigenvalue weighted by atomic mass is 9.99. The van der Waals surface area contributed by atoms with Crippen molar-refractivity contribution in [2.75, 3.05) is 6.61 Å². The number of para-hydroxylation sites is 2. The van der Waals surface area contributed by atoms with Gasteiger partial charge in [0.25, 0.3) is 0 Å². The first kappa shape index (κ1) is 19.3. The van der Waals surface area contributed by atoms with Gasteiger partial charge in [-0.2, -0.15) is 0 Å². The van der Waals surface area contributed by atoms with Crippen molar-refractivity contribution >= 4 is 23.5 Å². The minimum absolute atomic E-state index is 0.141. The molecule has 0 spiro atoms. The first-order valence-electron chi connectivity index (χ1n) is 7.18. The van der Waals surface area contributed by atoms with Gasteiger partial charge in [-0.25, -0.2) is 0 Å². The monoisotopic (exact) mass is 377 g/mol. The van der Waals surface area contributed by atoms with E-state index < -0.39 is 48.2 Å². The maximum absolute atomic E-state index is 11.1. The minimum Gasteiger partial charge on any atom is -0.478 e. The van der Waals surface area contributed by atoms with Crippen molar-refractivity contribution in [1.29, 1.82) is 0 Å². The second kappa shape index (κ2) is 8.41. The van der Waals surface area contributed by atoms with Gasteiger partial charge in [-0.15, -0.1) is 0 Å². The molecule has 10 nitrogen and oxygen atoms in total. The number of ether oxygens (including phenoxy) is 3. The van der Waals surface area contributed by atoms with Gasteiger partial charge < -0.3 is 24.4 Å². The molecular formula is C14H16ClNO9. The zero-order valence-corrected chi connectivity index (χ0v) is 13.7. The second-order valence-electron chi connectivity index (χ2n) is 5.19. The summed E-state index contributed by atoms with van der Waals surface area (Å²) in [5.74, 6) is -0.858. The number of aliphatic hydroxyl groups is 2. The van der Waals surface area contributed by atoms with E-state index in [-0.39, 0.29) is 11.4 Å². The highest BCUT2D eigenvalue weighted by atomic mass is 35.5. The van der Waals surface area contributed by atoms with Crippen LogP contribution in [-0.4, -0.2) is 58.4 Å². The van der Waals surface area contributed by atoms with E-state index >= 15 is 0 Å². The average Bonchev–Trinajstić information content (AvgIpc) is 2.57. The molecule has 1 aromatic carbocycles. The molecule has 25 heavy (non-hydrogen) atoms. The Bertz CT molecular complexity index is 628. The van der Waals surface area contributed by atoms with Gasteiger partial charge in [-0.1, -0.05) is 12.1 Å². The van der Waals surface area contributed by atoms with Gasteiger partial charge >= 0.3 is 11.7 Å². The number of carbonyl (C=O) groups excluding carboxylic acids is 1. The molecule has 11 heteroatoms. The number of carbonyl (C=O) groups is 1. The molecule has 1 aliphatic rings. The summed E-state index contributed by atoms with van der Waals surface area (Å²) in [7, 11) is 0. The summed E-state index contributed by atoms with van der Waals surface area (Å²) < 4.78 is 20.3. The summed E-state index contributed by atoms with van der Waals surface area (Å²) in [6.07, 6.45) is -6.63. The van der Waals surface area contributed by atoms with E-state index in [1.165, 1.54) is 24.3 Å². The summed E-state index contributed by atoms with van der Waals surface area (Å²) in [6, 6.07) is 5.50. The summed E-state index contributed by atoms with van der Waals surface area (Å²) in [5, 5.41) is 31.0. The molecule has 1 aromatic rings. The number of rotatable bonds is 6. The van der Waals surface area contributed by atoms with E-state index in [1.807, 2.05) is 0 Å². The van der Waals surface area contributed by atoms with Gasteiger partial charge in [0, 0.05) is 13.0 Å². The summed E-state index contributed by atoms with van der Waals surface area (Å²) >= 11 is 5.34. The first-order chi connectivity index (χ1) is 11.9. The maximum Gasteiger partial charge on any atom is 0.310 e. The number of nitro benzene ring substituents is 1. The van der Waals surface area contributed by atoms with Gasteiger partial charge in [0.15, 0.2) is 18.0 Å². The fourth-order valence-electron chi connectivity index (χ4n) is 2.39. The molecule has 0 radical (unpaired) electrons. The molecule has 0 unspecified atom stereocenters. The van der Waals surface area contributed by atoms with E-state index in [0.29, 0.717) is 0 Å². The van der Waals surface area contributed by atoms with Gasteiger partial charge in [-0.3, -0.25) is 19.2 Å². The number of aliphatic hydroxyl groups excluding tert-OH is 2. The molecule has 0 aromatic heterocycles. The first-order valence-corrected chi connectivity index (χ1v) is 7.49. The number of esters is 1. The summed E-state index contributed by atoms with van der Waals surface area (Å²) in [4.78, 5) is 21.5. The highest BCUT2D eigenvalue weighted by molar-refractivity contribution is 6.07. The Morgan fingerprint density at radius 3 is 2.64 bits per heavy atom. The van der Waals surface area contributed by atoms with E-state index in [0.717, 1.165) is 6.92 Å². The molecule has 2 rings (SSSR count). The lowest BCUT2D eigenvalue weighted by Gasteiger charge is -2.41. The Labute approximate surface area is 147 Å². The molecule has 0 bridgehead atoms. The Balaban J connectivity index is 2.27. The van der Waals surface area contributed by atoms with Crippen molar-refractivity contribution in [2.24, 2.45) is 0 Å². The van der Waals surface area contributed by atoms with Crippen LogP contribution >= 0.6 is 11.9 Å². The third kappa shape index (κ3) is 4.35. The summed E-state index contributed by atoms with van der Waals surface area (Å²) in [6.45, 7) is 0.500. The van der Waals surface area contributed by atoms with Crippen LogP contribution < -0.4 is 4.74 Å². The molecule has 0 aliphatic carbocycles. The van der Waals surface area contributed by atoms with Crippen LogP contribution in [0.15, 0.2) is 24.3 Å². The van der Waals surface area contributed by atoms with E-state index in [4.69, 9.17) is 26.1 Å². The zero-order valence-electron chi connectivity index (χ0n) is 13.0. The molecule has 1 fully saturated rings. The van der Waals surface area contributed by atoms with Crippen molar-refractivity contribution in [3.8, 4) is 5.75 Å². The smallest absolute Gasteiger partial charge is 0.310 e. The fraction of sp³-hybridized carbons (Fsp3) is 0.500. The molecule has 5 atom stereocenters. The summed E-state index contributed by atoms with van der Waals surface area (Å²) in [5.41, 5.74) is -0.336. The third-order valence-corrected chi connectivity index (χ3v) is 3.71. The third-order valence-electron chi connectivity index (χ3n) is 3.51. The number of hydrogen-bond acceptors (Lipinski definition) is 9. The number of nitrogens with zero attached hydrogens (tertiary/aromatic N) is 1. The average molecular weight is 378 g/mol. The van der Waals surface area contributed by atoms with Crippen LogP contribution in [0.25, 0.3) is 0 Å². The predicted molar refractivity (Wildman–Crippen MR) is 81.8 cm³/mol. The highest BCUT2D eigenvalue weighted by Gasteiger charge is 2.49. The quantitative estimate of drug-likeness (QED) is 0.412. The van der Waals surface area contributed by atoms with Gasteiger partial charge in [0.1, 0.15) is 12.2 Å².